The van der Waals surface area contributed by atoms with E-state index >= 15 is 0 Å². The Morgan fingerprint density at radius 1 is 1.38 bits per heavy atom. The molecule has 0 saturated carbocycles. The normalized spacial score (nSPS) is 23.8. The van der Waals surface area contributed by atoms with E-state index in [-0.39, 0.29) is 11.6 Å². The van der Waals surface area contributed by atoms with Gasteiger partial charge in [-0.2, -0.15) is 0 Å². The topological polar surface area (TPSA) is 43.4 Å². The first kappa shape index (κ1) is 16.2. The second-order valence-corrected chi connectivity index (χ2v) is 5.91. The summed E-state index contributed by atoms with van der Waals surface area (Å²) >= 11 is 0. The SMILES string of the molecule is CCCOc1cncc(C(NCC)C2(C)CCCCO2)c1. The number of rotatable bonds is 7. The van der Waals surface area contributed by atoms with E-state index in [2.05, 4.69) is 37.1 Å². The maximum Gasteiger partial charge on any atom is 0.137 e. The molecular weight excluding hydrogens is 264 g/mol. The summed E-state index contributed by atoms with van der Waals surface area (Å²) in [6.07, 6.45) is 8.16. The van der Waals surface area contributed by atoms with Gasteiger partial charge in [0.2, 0.25) is 0 Å². The van der Waals surface area contributed by atoms with E-state index in [9.17, 15) is 0 Å². The number of pyridine rings is 1. The summed E-state index contributed by atoms with van der Waals surface area (Å²) in [5.41, 5.74) is 0.981. The molecule has 2 heterocycles. The fourth-order valence-electron chi connectivity index (χ4n) is 2.97. The maximum absolute atomic E-state index is 6.12. The molecule has 1 aromatic rings. The molecule has 21 heavy (non-hydrogen) atoms. The summed E-state index contributed by atoms with van der Waals surface area (Å²) in [6, 6.07) is 2.25. The lowest BCUT2D eigenvalue weighted by Crippen LogP contribution is -2.46. The maximum atomic E-state index is 6.12. The van der Waals surface area contributed by atoms with E-state index in [1.165, 1.54) is 6.42 Å². The number of nitrogens with one attached hydrogen (secondary N) is 1. The average molecular weight is 292 g/mol. The minimum atomic E-state index is -0.167. The number of ether oxygens (including phenoxy) is 2. The molecule has 0 aromatic carbocycles. The molecule has 0 radical (unpaired) electrons. The smallest absolute Gasteiger partial charge is 0.137 e. The summed E-state index contributed by atoms with van der Waals surface area (Å²) < 4.78 is 11.8. The first-order valence-electron chi connectivity index (χ1n) is 8.14. The van der Waals surface area contributed by atoms with Crippen LogP contribution in [0.25, 0.3) is 0 Å². The number of hydrogen-bond donors (Lipinski definition) is 1. The molecule has 4 nitrogen and oxygen atoms in total. The third-order valence-corrected chi connectivity index (χ3v) is 4.06. The minimum absolute atomic E-state index is 0.153. The Labute approximate surface area is 128 Å². The molecule has 0 spiro atoms. The zero-order valence-corrected chi connectivity index (χ0v) is 13.5. The fourth-order valence-corrected chi connectivity index (χ4v) is 2.97. The molecular formula is C17H28N2O2. The predicted octanol–water partition coefficient (Wildman–Crippen LogP) is 3.48. The van der Waals surface area contributed by atoms with Crippen molar-refractivity contribution in [2.45, 2.75) is 58.1 Å². The Kier molecular flexibility index (Phi) is 6.00. The zero-order chi connectivity index (χ0) is 15.1. The summed E-state index contributed by atoms with van der Waals surface area (Å²) in [5.74, 6) is 0.844. The van der Waals surface area contributed by atoms with Crippen LogP contribution < -0.4 is 10.1 Å². The molecule has 1 aliphatic rings. The highest BCUT2D eigenvalue weighted by Gasteiger charge is 2.37. The van der Waals surface area contributed by atoms with Crippen LogP contribution in [0.1, 0.15) is 58.1 Å². The summed E-state index contributed by atoms with van der Waals surface area (Å²) in [5, 5.41) is 3.57. The van der Waals surface area contributed by atoms with Gasteiger partial charge in [-0.3, -0.25) is 4.98 Å². The highest BCUT2D eigenvalue weighted by molar-refractivity contribution is 5.28. The number of likely N-dealkylation sites (N-methyl/N-ethyl adjacent to an activating group) is 1. The average Bonchev–Trinajstić information content (AvgIpc) is 2.51. The lowest BCUT2D eigenvalue weighted by atomic mass is 9.84. The van der Waals surface area contributed by atoms with Gasteiger partial charge in [0.25, 0.3) is 0 Å². The minimum Gasteiger partial charge on any atom is -0.492 e. The number of aromatic nitrogens is 1. The Balaban J connectivity index is 2.20. The predicted molar refractivity (Wildman–Crippen MR) is 84.6 cm³/mol. The van der Waals surface area contributed by atoms with Crippen molar-refractivity contribution in [3.8, 4) is 5.75 Å². The van der Waals surface area contributed by atoms with Gasteiger partial charge in [0.05, 0.1) is 24.4 Å². The monoisotopic (exact) mass is 292 g/mol. The van der Waals surface area contributed by atoms with E-state index in [1.54, 1.807) is 6.20 Å². The van der Waals surface area contributed by atoms with Crippen LogP contribution >= 0.6 is 0 Å². The number of hydrogen-bond acceptors (Lipinski definition) is 4. The molecule has 1 fully saturated rings. The molecule has 4 heteroatoms. The Bertz CT molecular complexity index is 431. The molecule has 2 unspecified atom stereocenters. The lowest BCUT2D eigenvalue weighted by Gasteiger charge is -2.41. The summed E-state index contributed by atoms with van der Waals surface area (Å²) in [7, 11) is 0. The van der Waals surface area contributed by atoms with Crippen LogP contribution in [0.2, 0.25) is 0 Å². The van der Waals surface area contributed by atoms with Crippen molar-refractivity contribution in [1.29, 1.82) is 0 Å². The molecule has 2 atom stereocenters. The van der Waals surface area contributed by atoms with E-state index < -0.39 is 0 Å². The Morgan fingerprint density at radius 3 is 2.90 bits per heavy atom. The first-order valence-corrected chi connectivity index (χ1v) is 8.14. The van der Waals surface area contributed by atoms with Crippen molar-refractivity contribution in [2.24, 2.45) is 0 Å². The van der Waals surface area contributed by atoms with E-state index in [4.69, 9.17) is 9.47 Å². The molecule has 0 bridgehead atoms. The van der Waals surface area contributed by atoms with Gasteiger partial charge in [0.1, 0.15) is 5.75 Å². The Morgan fingerprint density at radius 2 is 2.24 bits per heavy atom. The zero-order valence-electron chi connectivity index (χ0n) is 13.5. The van der Waals surface area contributed by atoms with Crippen LogP contribution in [0.15, 0.2) is 18.5 Å². The second-order valence-electron chi connectivity index (χ2n) is 5.91. The van der Waals surface area contributed by atoms with Gasteiger partial charge in [-0.15, -0.1) is 0 Å². The molecule has 0 amide bonds. The van der Waals surface area contributed by atoms with E-state index in [0.29, 0.717) is 0 Å². The molecule has 118 valence electrons. The van der Waals surface area contributed by atoms with Crippen molar-refractivity contribution < 1.29 is 9.47 Å². The quantitative estimate of drug-likeness (QED) is 0.835. The van der Waals surface area contributed by atoms with Gasteiger partial charge in [0.15, 0.2) is 0 Å². The van der Waals surface area contributed by atoms with Crippen LogP contribution in [0.5, 0.6) is 5.75 Å². The van der Waals surface area contributed by atoms with E-state index in [0.717, 1.165) is 50.3 Å². The van der Waals surface area contributed by atoms with Gasteiger partial charge in [-0.25, -0.2) is 0 Å². The van der Waals surface area contributed by atoms with Crippen molar-refractivity contribution in [3.05, 3.63) is 24.0 Å². The highest BCUT2D eigenvalue weighted by Crippen LogP contribution is 2.37. The number of nitrogens with zero attached hydrogens (tertiary/aromatic N) is 1. The standard InChI is InChI=1S/C17H28N2O2/c1-4-9-20-15-11-14(12-18-13-15)16(19-5-2)17(3)8-6-7-10-21-17/h11-13,16,19H,4-10H2,1-3H3. The highest BCUT2D eigenvalue weighted by atomic mass is 16.5. The molecule has 0 aliphatic carbocycles. The van der Waals surface area contributed by atoms with Crippen LogP contribution in [0.4, 0.5) is 0 Å². The van der Waals surface area contributed by atoms with Crippen molar-refractivity contribution >= 4 is 0 Å². The third kappa shape index (κ3) is 4.17. The van der Waals surface area contributed by atoms with Gasteiger partial charge in [0, 0.05) is 12.8 Å². The molecule has 1 aromatic heterocycles. The van der Waals surface area contributed by atoms with Gasteiger partial charge in [-0.05, 0) is 50.8 Å². The fraction of sp³-hybridized carbons (Fsp3) is 0.706. The van der Waals surface area contributed by atoms with Gasteiger partial charge >= 0.3 is 0 Å². The van der Waals surface area contributed by atoms with Crippen LogP contribution in [0.3, 0.4) is 0 Å². The summed E-state index contributed by atoms with van der Waals surface area (Å²) in [4.78, 5) is 4.35. The molecule has 1 aliphatic heterocycles. The van der Waals surface area contributed by atoms with Crippen LogP contribution in [-0.2, 0) is 4.74 Å². The van der Waals surface area contributed by atoms with Crippen molar-refractivity contribution in [3.63, 3.8) is 0 Å². The van der Waals surface area contributed by atoms with Gasteiger partial charge < -0.3 is 14.8 Å². The van der Waals surface area contributed by atoms with E-state index in [1.807, 2.05) is 6.20 Å². The van der Waals surface area contributed by atoms with Crippen molar-refractivity contribution in [1.82, 2.24) is 10.3 Å². The first-order chi connectivity index (χ1) is 10.2. The Hall–Kier alpha value is -1.13. The summed E-state index contributed by atoms with van der Waals surface area (Å²) in [6.45, 7) is 8.92. The molecule has 1 saturated heterocycles. The van der Waals surface area contributed by atoms with Crippen molar-refractivity contribution in [2.75, 3.05) is 19.8 Å². The van der Waals surface area contributed by atoms with Crippen LogP contribution in [0, 0.1) is 0 Å². The molecule has 2 rings (SSSR count). The van der Waals surface area contributed by atoms with Crippen LogP contribution in [-0.4, -0.2) is 30.3 Å². The molecule has 1 N–H and O–H groups in total. The van der Waals surface area contributed by atoms with Gasteiger partial charge in [-0.1, -0.05) is 13.8 Å². The second kappa shape index (κ2) is 7.76. The lowest BCUT2D eigenvalue weighted by molar-refractivity contribution is -0.0896. The third-order valence-electron chi connectivity index (χ3n) is 4.06. The largest absolute Gasteiger partial charge is 0.492 e.